The monoisotopic (exact) mass is 280 g/mol. The maximum absolute atomic E-state index is 7.74. The molecule has 0 fully saturated rings. The summed E-state index contributed by atoms with van der Waals surface area (Å²) >= 11 is 0. The molecule has 0 aromatic heterocycles. The normalized spacial score (nSPS) is 11.8. The van der Waals surface area contributed by atoms with Gasteiger partial charge in [0.05, 0.1) is 7.11 Å². The summed E-state index contributed by atoms with van der Waals surface area (Å²) < 4.78 is 10.7. The highest BCUT2D eigenvalue weighted by Crippen LogP contribution is 2.24. The zero-order valence-corrected chi connectivity index (χ0v) is 12.3. The van der Waals surface area contributed by atoms with Crippen molar-refractivity contribution in [3.8, 4) is 5.75 Å². The number of ether oxygens (including phenoxy) is 2. The number of nitrogens with two attached hydrogens (primary N) is 1. The Morgan fingerprint density at radius 2 is 2.20 bits per heavy atom. The molecular weight excluding hydrogens is 256 g/mol. The first-order valence-corrected chi connectivity index (χ1v) is 6.65. The summed E-state index contributed by atoms with van der Waals surface area (Å²) in [6.07, 6.45) is 2.08. The van der Waals surface area contributed by atoms with Crippen molar-refractivity contribution in [2.24, 2.45) is 5.84 Å². The van der Waals surface area contributed by atoms with E-state index in [1.807, 2.05) is 25.1 Å². The highest BCUT2D eigenvalue weighted by molar-refractivity contribution is 5.72. The molecule has 0 aliphatic carbocycles. The molecule has 1 aromatic carbocycles. The molecule has 1 atom stereocenters. The Labute approximate surface area is 120 Å². The minimum atomic E-state index is -0.137. The van der Waals surface area contributed by atoms with E-state index in [0.29, 0.717) is 12.3 Å². The van der Waals surface area contributed by atoms with Crippen molar-refractivity contribution in [2.75, 3.05) is 19.6 Å². The third kappa shape index (κ3) is 5.07. The Balaban J connectivity index is 2.50. The number of aryl methyl sites for hydroxylation is 1. The molecule has 0 bridgehead atoms. The predicted octanol–water partition coefficient (Wildman–Crippen LogP) is 1.86. The molecule has 5 N–H and O–H groups in total. The number of hydrogen-bond acceptors (Lipinski definition) is 6. The minimum Gasteiger partial charge on any atom is -0.496 e. The van der Waals surface area contributed by atoms with E-state index in [9.17, 15) is 0 Å². The molecule has 0 amide bonds. The van der Waals surface area contributed by atoms with E-state index < -0.39 is 0 Å². The summed E-state index contributed by atoms with van der Waals surface area (Å²) in [6, 6.07) is 5.71. The van der Waals surface area contributed by atoms with E-state index >= 15 is 0 Å². The second-order valence-electron chi connectivity index (χ2n) is 4.50. The lowest BCUT2D eigenvalue weighted by molar-refractivity contribution is 0.172. The molecule has 0 saturated heterocycles. The van der Waals surface area contributed by atoms with Gasteiger partial charge in [-0.05, 0) is 50.6 Å². The number of nitrogen functional groups attached to an aromatic ring is 1. The molecule has 1 rings (SSSR count). The molecule has 0 aliphatic heterocycles. The van der Waals surface area contributed by atoms with Crippen LogP contribution in [0.2, 0.25) is 0 Å². The van der Waals surface area contributed by atoms with Gasteiger partial charge in [0.2, 0.25) is 0 Å². The van der Waals surface area contributed by atoms with Gasteiger partial charge in [-0.1, -0.05) is 0 Å². The summed E-state index contributed by atoms with van der Waals surface area (Å²) in [5.74, 6) is 6.53. The van der Waals surface area contributed by atoms with Crippen LogP contribution in [0.4, 0.5) is 5.69 Å². The third-order valence-corrected chi connectivity index (χ3v) is 3.02. The van der Waals surface area contributed by atoms with E-state index in [4.69, 9.17) is 20.7 Å². The van der Waals surface area contributed by atoms with Gasteiger partial charge in [-0.3, -0.25) is 16.6 Å². The van der Waals surface area contributed by atoms with E-state index in [0.717, 1.165) is 29.8 Å². The Bertz CT molecular complexity index is 437. The zero-order chi connectivity index (χ0) is 15.0. The number of hydrazine groups is 1. The predicted molar refractivity (Wildman–Crippen MR) is 81.1 cm³/mol. The van der Waals surface area contributed by atoms with Crippen LogP contribution < -0.4 is 21.3 Å². The van der Waals surface area contributed by atoms with Crippen LogP contribution in [0.25, 0.3) is 0 Å². The van der Waals surface area contributed by atoms with Crippen LogP contribution in [0.1, 0.15) is 25.3 Å². The van der Waals surface area contributed by atoms with Crippen LogP contribution in [0.5, 0.6) is 5.75 Å². The molecule has 6 heteroatoms. The first kappa shape index (κ1) is 16.3. The van der Waals surface area contributed by atoms with Gasteiger partial charge < -0.3 is 14.9 Å². The third-order valence-electron chi connectivity index (χ3n) is 3.02. The second-order valence-corrected chi connectivity index (χ2v) is 4.50. The lowest BCUT2D eigenvalue weighted by atomic mass is 10.1. The summed E-state index contributed by atoms with van der Waals surface area (Å²) in [5.41, 5.74) is 4.53. The summed E-state index contributed by atoms with van der Waals surface area (Å²) in [6.45, 7) is 1.87. The first-order chi connectivity index (χ1) is 9.60. The highest BCUT2D eigenvalue weighted by atomic mass is 16.5. The van der Waals surface area contributed by atoms with Crippen molar-refractivity contribution in [1.29, 1.82) is 5.41 Å². The Morgan fingerprint density at radius 3 is 2.80 bits per heavy atom. The van der Waals surface area contributed by atoms with Gasteiger partial charge >= 0.3 is 0 Å². The molecule has 20 heavy (non-hydrogen) atoms. The highest BCUT2D eigenvalue weighted by Gasteiger charge is 2.07. The van der Waals surface area contributed by atoms with Gasteiger partial charge in [0, 0.05) is 12.1 Å². The average Bonchev–Trinajstić information content (AvgIpc) is 2.46. The molecule has 1 unspecified atom stereocenters. The molecule has 6 nitrogen and oxygen atoms in total. The van der Waals surface area contributed by atoms with Gasteiger partial charge in [0.25, 0.3) is 0 Å². The number of anilines is 1. The van der Waals surface area contributed by atoms with Gasteiger partial charge in [-0.2, -0.15) is 0 Å². The average molecular weight is 280 g/mol. The van der Waals surface area contributed by atoms with Crippen LogP contribution in [0, 0.1) is 5.41 Å². The SMILES string of the molecule is CNC(C)OC(=N)CCCc1cc(NN)ccc1OC. The van der Waals surface area contributed by atoms with Crippen molar-refractivity contribution in [2.45, 2.75) is 32.4 Å². The zero-order valence-electron chi connectivity index (χ0n) is 12.3. The van der Waals surface area contributed by atoms with Crippen LogP contribution in [-0.2, 0) is 11.2 Å². The van der Waals surface area contributed by atoms with E-state index in [2.05, 4.69) is 10.7 Å². The molecule has 0 heterocycles. The van der Waals surface area contributed by atoms with E-state index in [1.54, 1.807) is 14.2 Å². The number of benzene rings is 1. The topological polar surface area (TPSA) is 92.4 Å². The number of methoxy groups -OCH3 is 1. The standard InChI is InChI=1S/C14H24N4O2/c1-10(17-2)20-14(15)6-4-5-11-9-12(18-16)7-8-13(11)19-3/h7-10,15,17-18H,4-6,16H2,1-3H3. The summed E-state index contributed by atoms with van der Waals surface area (Å²) in [5, 5.41) is 10.7. The molecular formula is C14H24N4O2. The van der Waals surface area contributed by atoms with E-state index in [1.165, 1.54) is 0 Å². The fourth-order valence-corrected chi connectivity index (χ4v) is 1.83. The maximum atomic E-state index is 7.74. The van der Waals surface area contributed by atoms with Crippen molar-refractivity contribution in [3.05, 3.63) is 23.8 Å². The van der Waals surface area contributed by atoms with E-state index in [-0.39, 0.29) is 6.23 Å². The minimum absolute atomic E-state index is 0.137. The van der Waals surface area contributed by atoms with Crippen LogP contribution >= 0.6 is 0 Å². The Hall–Kier alpha value is -1.79. The molecule has 0 saturated carbocycles. The summed E-state index contributed by atoms with van der Waals surface area (Å²) in [7, 11) is 3.45. The lowest BCUT2D eigenvalue weighted by Gasteiger charge is -2.14. The van der Waals surface area contributed by atoms with Gasteiger partial charge in [0.1, 0.15) is 12.0 Å². The lowest BCUT2D eigenvalue weighted by Crippen LogP contribution is -2.27. The Morgan fingerprint density at radius 1 is 1.45 bits per heavy atom. The smallest absolute Gasteiger partial charge is 0.182 e. The number of rotatable bonds is 8. The summed E-state index contributed by atoms with van der Waals surface area (Å²) in [4.78, 5) is 0. The fourth-order valence-electron chi connectivity index (χ4n) is 1.83. The fraction of sp³-hybridized carbons (Fsp3) is 0.500. The van der Waals surface area contributed by atoms with Gasteiger partial charge in [0.15, 0.2) is 5.90 Å². The van der Waals surface area contributed by atoms with Gasteiger partial charge in [-0.25, -0.2) is 0 Å². The molecule has 0 spiro atoms. The van der Waals surface area contributed by atoms with Gasteiger partial charge in [-0.15, -0.1) is 0 Å². The quantitative estimate of drug-likeness (QED) is 0.192. The Kier molecular flexibility index (Phi) is 6.83. The second kappa shape index (κ2) is 8.39. The largest absolute Gasteiger partial charge is 0.496 e. The molecule has 1 aromatic rings. The maximum Gasteiger partial charge on any atom is 0.182 e. The molecule has 0 radical (unpaired) electrons. The number of hydrogen-bond donors (Lipinski definition) is 4. The van der Waals surface area contributed by atoms with Crippen molar-refractivity contribution < 1.29 is 9.47 Å². The van der Waals surface area contributed by atoms with Crippen LogP contribution in [0.15, 0.2) is 18.2 Å². The van der Waals surface area contributed by atoms with Crippen molar-refractivity contribution >= 4 is 11.6 Å². The molecule has 112 valence electrons. The first-order valence-electron chi connectivity index (χ1n) is 6.65. The van der Waals surface area contributed by atoms with Crippen LogP contribution in [-0.4, -0.2) is 26.3 Å². The molecule has 0 aliphatic rings. The van der Waals surface area contributed by atoms with Crippen molar-refractivity contribution in [3.63, 3.8) is 0 Å². The number of nitrogens with one attached hydrogen (secondary N) is 3. The van der Waals surface area contributed by atoms with Crippen molar-refractivity contribution in [1.82, 2.24) is 5.32 Å². The van der Waals surface area contributed by atoms with Crippen LogP contribution in [0.3, 0.4) is 0 Å².